The van der Waals surface area contributed by atoms with Crippen LogP contribution in [0.4, 0.5) is 17.1 Å². The lowest BCUT2D eigenvalue weighted by Gasteiger charge is -2.16. The maximum Gasteiger partial charge on any atom is 0.263 e. The van der Waals surface area contributed by atoms with Gasteiger partial charge in [-0.2, -0.15) is 0 Å². The van der Waals surface area contributed by atoms with Gasteiger partial charge in [0.05, 0.1) is 5.69 Å². The van der Waals surface area contributed by atoms with Crippen LogP contribution < -0.4 is 15.4 Å². The molecule has 0 aromatic heterocycles. The molecule has 0 aliphatic carbocycles. The third-order valence-electron chi connectivity index (χ3n) is 4.54. The highest BCUT2D eigenvalue weighted by Crippen LogP contribution is 2.26. The molecular weight excluding hydrogens is 529 g/mol. The Morgan fingerprint density at radius 2 is 1.50 bits per heavy atom. The first-order valence-corrected chi connectivity index (χ1v) is 12.2. The van der Waals surface area contributed by atoms with Gasteiger partial charge in [-0.15, -0.1) is 0 Å². The normalized spacial score (nSPS) is 11.1. The summed E-state index contributed by atoms with van der Waals surface area (Å²) in [6, 6.07) is 18.3. The Hall–Kier alpha value is -2.17. The monoisotopic (exact) mass is 551 g/mol. The van der Waals surface area contributed by atoms with Crippen LogP contribution in [0.1, 0.15) is 16.7 Å². The van der Waals surface area contributed by atoms with Crippen molar-refractivity contribution in [1.29, 1.82) is 0 Å². The molecule has 156 valence electrons. The molecule has 0 fully saturated rings. The van der Waals surface area contributed by atoms with Gasteiger partial charge in [0.15, 0.2) is 5.11 Å². The van der Waals surface area contributed by atoms with Gasteiger partial charge in [-0.25, -0.2) is 8.42 Å². The second kappa shape index (κ2) is 9.32. The number of benzene rings is 3. The molecule has 0 aliphatic heterocycles. The van der Waals surface area contributed by atoms with Crippen molar-refractivity contribution in [1.82, 2.24) is 0 Å². The molecule has 0 spiro atoms. The van der Waals surface area contributed by atoms with Crippen LogP contribution in [0, 0.1) is 24.3 Å². The Balaban J connectivity index is 1.84. The van der Waals surface area contributed by atoms with Crippen LogP contribution in [0.15, 0.2) is 65.6 Å². The van der Waals surface area contributed by atoms with E-state index in [1.807, 2.05) is 57.2 Å². The molecule has 0 unspecified atom stereocenters. The van der Waals surface area contributed by atoms with E-state index in [0.717, 1.165) is 20.4 Å². The summed E-state index contributed by atoms with van der Waals surface area (Å²) in [4.78, 5) is 0.130. The molecule has 3 aromatic rings. The molecule has 0 atom stereocenters. The first kappa shape index (κ1) is 22.5. The summed E-state index contributed by atoms with van der Waals surface area (Å²) in [5, 5.41) is 6.45. The van der Waals surface area contributed by atoms with Gasteiger partial charge in [-0.3, -0.25) is 4.72 Å². The molecule has 0 amide bonds. The van der Waals surface area contributed by atoms with Crippen LogP contribution in [0.25, 0.3) is 0 Å². The fourth-order valence-electron chi connectivity index (χ4n) is 2.79. The fraction of sp³-hybridized carbons (Fsp3) is 0.136. The van der Waals surface area contributed by atoms with Crippen LogP contribution in [0.5, 0.6) is 0 Å². The zero-order valence-corrected chi connectivity index (χ0v) is 20.6. The minimum Gasteiger partial charge on any atom is -0.332 e. The van der Waals surface area contributed by atoms with Crippen molar-refractivity contribution in [3.8, 4) is 0 Å². The molecule has 30 heavy (non-hydrogen) atoms. The van der Waals surface area contributed by atoms with E-state index in [9.17, 15) is 8.42 Å². The summed E-state index contributed by atoms with van der Waals surface area (Å²) < 4.78 is 29.8. The summed E-state index contributed by atoms with van der Waals surface area (Å²) in [6.45, 7) is 5.91. The zero-order valence-electron chi connectivity index (χ0n) is 16.8. The summed E-state index contributed by atoms with van der Waals surface area (Å²) in [7, 11) is -3.81. The van der Waals surface area contributed by atoms with Gasteiger partial charge in [0.1, 0.15) is 4.90 Å². The van der Waals surface area contributed by atoms with Gasteiger partial charge in [-0.1, -0.05) is 12.1 Å². The van der Waals surface area contributed by atoms with Gasteiger partial charge >= 0.3 is 0 Å². The second-order valence-electron chi connectivity index (χ2n) is 6.99. The molecule has 0 saturated heterocycles. The quantitative estimate of drug-likeness (QED) is 0.275. The standard InChI is InChI=1S/C22H22IN3O2S2/c1-14-4-11-20(25-22(29)24-19-8-5-15(2)16(3)13-19)21(12-14)30(27,28)26-18-9-6-17(23)7-10-18/h4-13,26H,1-3H3,(H2,24,25,29). The highest BCUT2D eigenvalue weighted by molar-refractivity contribution is 14.1. The fourth-order valence-corrected chi connectivity index (χ4v) is 4.68. The van der Waals surface area contributed by atoms with Crippen molar-refractivity contribution < 1.29 is 8.42 Å². The van der Waals surface area contributed by atoms with E-state index >= 15 is 0 Å². The average Bonchev–Trinajstić information content (AvgIpc) is 2.68. The molecule has 0 radical (unpaired) electrons. The number of sulfonamides is 1. The molecule has 8 heteroatoms. The lowest BCUT2D eigenvalue weighted by Crippen LogP contribution is -2.22. The Morgan fingerprint density at radius 1 is 0.833 bits per heavy atom. The van der Waals surface area contributed by atoms with Crippen molar-refractivity contribution in [3.05, 3.63) is 80.9 Å². The van der Waals surface area contributed by atoms with Gasteiger partial charge in [0, 0.05) is 14.9 Å². The van der Waals surface area contributed by atoms with Crippen molar-refractivity contribution in [2.45, 2.75) is 25.7 Å². The summed E-state index contributed by atoms with van der Waals surface area (Å²) in [5.41, 5.74) is 4.90. The molecule has 0 aliphatic rings. The van der Waals surface area contributed by atoms with Crippen molar-refractivity contribution in [3.63, 3.8) is 0 Å². The Morgan fingerprint density at radius 3 is 2.17 bits per heavy atom. The van der Waals surface area contributed by atoms with Crippen LogP contribution in [0.3, 0.4) is 0 Å². The van der Waals surface area contributed by atoms with E-state index in [2.05, 4.69) is 37.9 Å². The molecule has 3 rings (SSSR count). The Bertz CT molecular complexity index is 1190. The third-order valence-corrected chi connectivity index (χ3v) is 6.88. The molecule has 0 saturated carbocycles. The number of thiocarbonyl (C=S) groups is 1. The van der Waals surface area contributed by atoms with Gasteiger partial charge in [-0.05, 0) is 121 Å². The number of halogens is 1. The largest absolute Gasteiger partial charge is 0.332 e. The van der Waals surface area contributed by atoms with E-state index in [1.165, 1.54) is 5.56 Å². The molecule has 0 heterocycles. The van der Waals surface area contributed by atoms with Crippen LogP contribution in [0.2, 0.25) is 0 Å². The number of rotatable bonds is 5. The van der Waals surface area contributed by atoms with E-state index in [-0.39, 0.29) is 4.90 Å². The van der Waals surface area contributed by atoms with Crippen molar-refractivity contribution in [2.75, 3.05) is 15.4 Å². The SMILES string of the molecule is Cc1ccc(NC(=S)Nc2ccc(C)c(C)c2)c(S(=O)(=O)Nc2ccc(I)cc2)c1. The molecule has 5 nitrogen and oxygen atoms in total. The number of hydrogen-bond acceptors (Lipinski definition) is 3. The second-order valence-corrected chi connectivity index (χ2v) is 10.3. The smallest absolute Gasteiger partial charge is 0.263 e. The topological polar surface area (TPSA) is 70.2 Å². The van der Waals surface area contributed by atoms with Gasteiger partial charge in [0.2, 0.25) is 0 Å². The minimum absolute atomic E-state index is 0.130. The highest BCUT2D eigenvalue weighted by Gasteiger charge is 2.20. The predicted octanol–water partition coefficient (Wildman–Crippen LogP) is 5.83. The number of hydrogen-bond donors (Lipinski definition) is 3. The number of aryl methyl sites for hydroxylation is 3. The van der Waals surface area contributed by atoms with E-state index in [1.54, 1.807) is 24.3 Å². The third kappa shape index (κ3) is 5.71. The Kier molecular flexibility index (Phi) is 6.99. The first-order chi connectivity index (χ1) is 14.1. The minimum atomic E-state index is -3.81. The van der Waals surface area contributed by atoms with Gasteiger partial charge < -0.3 is 10.6 Å². The van der Waals surface area contributed by atoms with Crippen LogP contribution in [-0.4, -0.2) is 13.5 Å². The molecular formula is C22H22IN3O2S2. The van der Waals surface area contributed by atoms with Crippen LogP contribution in [-0.2, 0) is 10.0 Å². The lowest BCUT2D eigenvalue weighted by molar-refractivity contribution is 0.601. The van der Waals surface area contributed by atoms with E-state index < -0.39 is 10.0 Å². The summed E-state index contributed by atoms with van der Waals surface area (Å²) in [5.74, 6) is 0. The van der Waals surface area contributed by atoms with Crippen molar-refractivity contribution in [2.24, 2.45) is 0 Å². The molecule has 3 N–H and O–H groups in total. The lowest BCUT2D eigenvalue weighted by atomic mass is 10.1. The average molecular weight is 551 g/mol. The maximum atomic E-state index is 13.1. The molecule has 3 aromatic carbocycles. The highest BCUT2D eigenvalue weighted by atomic mass is 127. The summed E-state index contributed by atoms with van der Waals surface area (Å²) >= 11 is 7.59. The van der Waals surface area contributed by atoms with E-state index in [0.29, 0.717) is 16.5 Å². The van der Waals surface area contributed by atoms with Gasteiger partial charge in [0.25, 0.3) is 10.0 Å². The van der Waals surface area contributed by atoms with E-state index in [4.69, 9.17) is 12.2 Å². The Labute approximate surface area is 196 Å². The number of anilines is 3. The zero-order chi connectivity index (χ0) is 21.9. The maximum absolute atomic E-state index is 13.1. The van der Waals surface area contributed by atoms with Crippen LogP contribution >= 0.6 is 34.8 Å². The molecule has 0 bridgehead atoms. The predicted molar refractivity (Wildman–Crippen MR) is 137 cm³/mol. The summed E-state index contributed by atoms with van der Waals surface area (Å²) in [6.07, 6.45) is 0. The first-order valence-electron chi connectivity index (χ1n) is 9.18. The van der Waals surface area contributed by atoms with Crippen molar-refractivity contribution >= 4 is 67.0 Å². The number of nitrogens with one attached hydrogen (secondary N) is 3.